The van der Waals surface area contributed by atoms with E-state index < -0.39 is 0 Å². The molecule has 3 aromatic rings. The highest BCUT2D eigenvalue weighted by Crippen LogP contribution is 2.21. The molecule has 0 aliphatic carbocycles. The Morgan fingerprint density at radius 1 is 0.857 bits per heavy atom. The molecule has 0 fully saturated rings. The predicted molar refractivity (Wildman–Crippen MR) is 87.3 cm³/mol. The van der Waals surface area contributed by atoms with Gasteiger partial charge in [-0.2, -0.15) is 0 Å². The zero-order valence-electron chi connectivity index (χ0n) is 12.6. The standard InChI is InChI=1S/C19H20N2/c1-14-8-6-7-9-16(14)12-13-18-20-15(2)19(21-18)17-10-4-3-5-11-17/h3-11H,12-13H2,1-2H3,(H,20,21). The van der Waals surface area contributed by atoms with Gasteiger partial charge in [-0.1, -0.05) is 54.6 Å². The van der Waals surface area contributed by atoms with Crippen molar-refractivity contribution in [2.45, 2.75) is 26.7 Å². The fourth-order valence-electron chi connectivity index (χ4n) is 2.66. The van der Waals surface area contributed by atoms with Crippen LogP contribution in [-0.2, 0) is 12.8 Å². The van der Waals surface area contributed by atoms with E-state index in [0.717, 1.165) is 30.1 Å². The van der Waals surface area contributed by atoms with E-state index in [-0.39, 0.29) is 0 Å². The van der Waals surface area contributed by atoms with Gasteiger partial charge in [0, 0.05) is 17.7 Å². The Hall–Kier alpha value is -2.35. The largest absolute Gasteiger partial charge is 0.346 e. The van der Waals surface area contributed by atoms with E-state index in [2.05, 4.69) is 67.4 Å². The molecule has 1 N–H and O–H groups in total. The maximum absolute atomic E-state index is 4.77. The van der Waals surface area contributed by atoms with Gasteiger partial charge >= 0.3 is 0 Å². The Morgan fingerprint density at radius 3 is 2.33 bits per heavy atom. The first-order valence-corrected chi connectivity index (χ1v) is 7.39. The van der Waals surface area contributed by atoms with Crippen molar-refractivity contribution in [1.82, 2.24) is 9.97 Å². The molecule has 1 aromatic heterocycles. The number of aryl methyl sites for hydroxylation is 4. The Bertz CT molecular complexity index is 726. The summed E-state index contributed by atoms with van der Waals surface area (Å²) in [4.78, 5) is 8.19. The Balaban J connectivity index is 1.78. The minimum atomic E-state index is 0.943. The SMILES string of the molecule is Cc1ccccc1CCc1nc(-c2ccccc2)c(C)[nH]1. The van der Waals surface area contributed by atoms with Crippen molar-refractivity contribution in [2.24, 2.45) is 0 Å². The Labute approximate surface area is 125 Å². The summed E-state index contributed by atoms with van der Waals surface area (Å²) in [7, 11) is 0. The zero-order chi connectivity index (χ0) is 14.7. The molecule has 1 heterocycles. The molecule has 0 bridgehead atoms. The van der Waals surface area contributed by atoms with Crippen molar-refractivity contribution in [2.75, 3.05) is 0 Å². The van der Waals surface area contributed by atoms with Gasteiger partial charge in [0.25, 0.3) is 0 Å². The van der Waals surface area contributed by atoms with Crippen LogP contribution >= 0.6 is 0 Å². The number of rotatable bonds is 4. The maximum atomic E-state index is 4.77. The van der Waals surface area contributed by atoms with Crippen LogP contribution in [0.2, 0.25) is 0 Å². The number of nitrogens with one attached hydrogen (secondary N) is 1. The summed E-state index contributed by atoms with van der Waals surface area (Å²) in [6.07, 6.45) is 1.96. The Morgan fingerprint density at radius 2 is 1.57 bits per heavy atom. The number of hydrogen-bond donors (Lipinski definition) is 1. The van der Waals surface area contributed by atoms with Crippen molar-refractivity contribution in [3.8, 4) is 11.3 Å². The first-order valence-electron chi connectivity index (χ1n) is 7.39. The van der Waals surface area contributed by atoms with E-state index >= 15 is 0 Å². The summed E-state index contributed by atoms with van der Waals surface area (Å²) in [5, 5.41) is 0. The minimum Gasteiger partial charge on any atom is -0.346 e. The molecule has 21 heavy (non-hydrogen) atoms. The van der Waals surface area contributed by atoms with Gasteiger partial charge in [-0.25, -0.2) is 4.98 Å². The molecule has 3 rings (SSSR count). The second kappa shape index (κ2) is 5.96. The van der Waals surface area contributed by atoms with Crippen LogP contribution in [0.25, 0.3) is 11.3 Å². The highest BCUT2D eigenvalue weighted by Gasteiger charge is 2.09. The second-order valence-electron chi connectivity index (χ2n) is 5.45. The van der Waals surface area contributed by atoms with Crippen molar-refractivity contribution >= 4 is 0 Å². The summed E-state index contributed by atoms with van der Waals surface area (Å²) in [5.74, 6) is 1.06. The summed E-state index contributed by atoms with van der Waals surface area (Å²) < 4.78 is 0. The average molecular weight is 276 g/mol. The lowest BCUT2D eigenvalue weighted by atomic mass is 10.0. The molecule has 0 unspecified atom stereocenters. The van der Waals surface area contributed by atoms with E-state index in [1.807, 2.05) is 6.07 Å². The van der Waals surface area contributed by atoms with Crippen LogP contribution in [0.1, 0.15) is 22.6 Å². The third kappa shape index (κ3) is 3.05. The maximum Gasteiger partial charge on any atom is 0.107 e. The smallest absolute Gasteiger partial charge is 0.107 e. The minimum absolute atomic E-state index is 0.943. The molecule has 0 saturated carbocycles. The number of aromatic nitrogens is 2. The van der Waals surface area contributed by atoms with Crippen LogP contribution in [-0.4, -0.2) is 9.97 Å². The molecular weight excluding hydrogens is 256 g/mol. The normalized spacial score (nSPS) is 10.8. The number of nitrogens with zero attached hydrogens (tertiary/aromatic N) is 1. The van der Waals surface area contributed by atoms with E-state index in [1.165, 1.54) is 16.7 Å². The van der Waals surface area contributed by atoms with Crippen molar-refractivity contribution in [3.63, 3.8) is 0 Å². The lowest BCUT2D eigenvalue weighted by Crippen LogP contribution is -1.95. The third-order valence-corrected chi connectivity index (χ3v) is 3.87. The van der Waals surface area contributed by atoms with Gasteiger partial charge in [0.2, 0.25) is 0 Å². The van der Waals surface area contributed by atoms with Gasteiger partial charge < -0.3 is 4.98 Å². The fourth-order valence-corrected chi connectivity index (χ4v) is 2.66. The lowest BCUT2D eigenvalue weighted by Gasteiger charge is -2.03. The number of hydrogen-bond acceptors (Lipinski definition) is 1. The molecule has 106 valence electrons. The Kier molecular flexibility index (Phi) is 3.87. The molecule has 0 radical (unpaired) electrons. The first kappa shape index (κ1) is 13.6. The molecule has 0 aliphatic rings. The molecule has 0 amide bonds. The summed E-state index contributed by atoms with van der Waals surface area (Å²) in [6.45, 7) is 4.25. The summed E-state index contributed by atoms with van der Waals surface area (Å²) in [6, 6.07) is 18.9. The highest BCUT2D eigenvalue weighted by atomic mass is 14.9. The number of H-pyrrole nitrogens is 1. The molecule has 0 spiro atoms. The van der Waals surface area contributed by atoms with E-state index in [4.69, 9.17) is 4.98 Å². The number of aromatic amines is 1. The van der Waals surface area contributed by atoms with Gasteiger partial charge in [-0.15, -0.1) is 0 Å². The summed E-state index contributed by atoms with van der Waals surface area (Å²) in [5.41, 5.74) is 6.13. The molecule has 2 heteroatoms. The number of imidazole rings is 1. The lowest BCUT2D eigenvalue weighted by molar-refractivity contribution is 0.875. The van der Waals surface area contributed by atoms with Crippen LogP contribution in [0.3, 0.4) is 0 Å². The van der Waals surface area contributed by atoms with Crippen molar-refractivity contribution in [3.05, 3.63) is 77.2 Å². The van der Waals surface area contributed by atoms with Crippen LogP contribution < -0.4 is 0 Å². The van der Waals surface area contributed by atoms with Gasteiger partial charge in [-0.3, -0.25) is 0 Å². The molecule has 2 aromatic carbocycles. The van der Waals surface area contributed by atoms with E-state index in [9.17, 15) is 0 Å². The zero-order valence-corrected chi connectivity index (χ0v) is 12.6. The van der Waals surface area contributed by atoms with Crippen LogP contribution in [0.15, 0.2) is 54.6 Å². The molecular formula is C19H20N2. The van der Waals surface area contributed by atoms with E-state index in [1.54, 1.807) is 0 Å². The van der Waals surface area contributed by atoms with Crippen LogP contribution in [0.4, 0.5) is 0 Å². The predicted octanol–water partition coefficient (Wildman–Crippen LogP) is 4.48. The fraction of sp³-hybridized carbons (Fsp3) is 0.211. The van der Waals surface area contributed by atoms with Crippen molar-refractivity contribution in [1.29, 1.82) is 0 Å². The van der Waals surface area contributed by atoms with Gasteiger partial charge in [-0.05, 0) is 31.4 Å². The van der Waals surface area contributed by atoms with Gasteiger partial charge in [0.05, 0.1) is 5.69 Å². The molecule has 2 nitrogen and oxygen atoms in total. The first-order chi connectivity index (χ1) is 10.2. The highest BCUT2D eigenvalue weighted by molar-refractivity contribution is 5.61. The van der Waals surface area contributed by atoms with Gasteiger partial charge in [0.15, 0.2) is 0 Å². The quantitative estimate of drug-likeness (QED) is 0.748. The van der Waals surface area contributed by atoms with Gasteiger partial charge in [0.1, 0.15) is 5.82 Å². The van der Waals surface area contributed by atoms with Crippen LogP contribution in [0.5, 0.6) is 0 Å². The topological polar surface area (TPSA) is 28.7 Å². The molecule has 0 atom stereocenters. The average Bonchev–Trinajstić information content (AvgIpc) is 2.88. The third-order valence-electron chi connectivity index (χ3n) is 3.87. The summed E-state index contributed by atoms with van der Waals surface area (Å²) >= 11 is 0. The second-order valence-corrected chi connectivity index (χ2v) is 5.45. The molecule has 0 aliphatic heterocycles. The van der Waals surface area contributed by atoms with Crippen molar-refractivity contribution < 1.29 is 0 Å². The monoisotopic (exact) mass is 276 g/mol. The van der Waals surface area contributed by atoms with Crippen LogP contribution in [0, 0.1) is 13.8 Å². The number of benzene rings is 2. The van der Waals surface area contributed by atoms with E-state index in [0.29, 0.717) is 0 Å². The molecule has 0 saturated heterocycles.